The van der Waals surface area contributed by atoms with Gasteiger partial charge >= 0.3 is 0 Å². The van der Waals surface area contributed by atoms with Gasteiger partial charge < -0.3 is 10.1 Å². The molecule has 0 radical (unpaired) electrons. The van der Waals surface area contributed by atoms with Gasteiger partial charge in [0.15, 0.2) is 5.11 Å². The second-order valence-corrected chi connectivity index (χ2v) is 6.43. The maximum atomic E-state index is 12.1. The molecule has 0 unspecified atom stereocenters. The Balaban J connectivity index is 1.93. The highest BCUT2D eigenvalue weighted by Crippen LogP contribution is 2.17. The van der Waals surface area contributed by atoms with Crippen LogP contribution in [0.2, 0.25) is 0 Å². The first-order chi connectivity index (χ1) is 10.9. The van der Waals surface area contributed by atoms with Crippen molar-refractivity contribution in [3.63, 3.8) is 0 Å². The SMILES string of the molecule is CC(C)Oc1ccc(NC(=S)NC(=O)c2cccc(Br)c2)cc1. The van der Waals surface area contributed by atoms with Gasteiger partial charge in [-0.05, 0) is 68.5 Å². The lowest BCUT2D eigenvalue weighted by atomic mass is 10.2. The van der Waals surface area contributed by atoms with Crippen LogP contribution in [0.25, 0.3) is 0 Å². The number of anilines is 1. The zero-order valence-corrected chi connectivity index (χ0v) is 15.2. The van der Waals surface area contributed by atoms with Crippen LogP contribution in [0, 0.1) is 0 Å². The number of carbonyl (C=O) groups excluding carboxylic acids is 1. The second kappa shape index (κ2) is 8.08. The molecule has 2 aromatic rings. The molecule has 120 valence electrons. The first-order valence-electron chi connectivity index (χ1n) is 7.08. The van der Waals surface area contributed by atoms with Crippen LogP contribution in [-0.4, -0.2) is 17.1 Å². The van der Waals surface area contributed by atoms with Crippen LogP contribution >= 0.6 is 28.1 Å². The number of rotatable bonds is 4. The number of amides is 1. The molecule has 0 bridgehead atoms. The van der Waals surface area contributed by atoms with Crippen LogP contribution in [0.1, 0.15) is 24.2 Å². The van der Waals surface area contributed by atoms with Gasteiger partial charge in [0.25, 0.3) is 5.91 Å². The lowest BCUT2D eigenvalue weighted by Gasteiger charge is -2.12. The molecule has 0 fully saturated rings. The van der Waals surface area contributed by atoms with Crippen LogP contribution in [0.15, 0.2) is 53.0 Å². The molecule has 0 aliphatic heterocycles. The molecule has 0 saturated carbocycles. The zero-order chi connectivity index (χ0) is 16.8. The molecule has 2 N–H and O–H groups in total. The number of hydrogen-bond acceptors (Lipinski definition) is 3. The highest BCUT2D eigenvalue weighted by molar-refractivity contribution is 9.10. The fourth-order valence-corrected chi connectivity index (χ4v) is 2.47. The van der Waals surface area contributed by atoms with Crippen molar-refractivity contribution < 1.29 is 9.53 Å². The average Bonchev–Trinajstić information content (AvgIpc) is 2.48. The van der Waals surface area contributed by atoms with Crippen LogP contribution in [0.5, 0.6) is 5.75 Å². The number of benzene rings is 2. The van der Waals surface area contributed by atoms with E-state index in [-0.39, 0.29) is 17.1 Å². The lowest BCUT2D eigenvalue weighted by Crippen LogP contribution is -2.34. The molecule has 4 nitrogen and oxygen atoms in total. The minimum absolute atomic E-state index is 0.124. The van der Waals surface area contributed by atoms with Crippen molar-refractivity contribution in [1.29, 1.82) is 0 Å². The molecule has 0 aliphatic carbocycles. The van der Waals surface area contributed by atoms with Gasteiger partial charge in [0.1, 0.15) is 5.75 Å². The molecular weight excluding hydrogens is 376 g/mol. The maximum absolute atomic E-state index is 12.1. The molecule has 0 saturated heterocycles. The summed E-state index contributed by atoms with van der Waals surface area (Å²) in [6.45, 7) is 3.94. The van der Waals surface area contributed by atoms with E-state index in [1.54, 1.807) is 18.2 Å². The Hall–Kier alpha value is -1.92. The third-order valence-electron chi connectivity index (χ3n) is 2.80. The summed E-state index contributed by atoms with van der Waals surface area (Å²) in [5, 5.41) is 5.86. The minimum atomic E-state index is -0.261. The highest BCUT2D eigenvalue weighted by atomic mass is 79.9. The Bertz CT molecular complexity index is 702. The Labute approximate surface area is 149 Å². The van der Waals surface area contributed by atoms with Crippen LogP contribution in [-0.2, 0) is 0 Å². The monoisotopic (exact) mass is 392 g/mol. The molecule has 0 spiro atoms. The number of halogens is 1. The Kier molecular flexibility index (Phi) is 6.12. The summed E-state index contributed by atoms with van der Waals surface area (Å²) in [5.74, 6) is 0.526. The van der Waals surface area contributed by atoms with E-state index in [1.807, 2.05) is 44.2 Å². The zero-order valence-electron chi connectivity index (χ0n) is 12.8. The van der Waals surface area contributed by atoms with Gasteiger partial charge in [-0.15, -0.1) is 0 Å². The normalized spacial score (nSPS) is 10.3. The van der Waals surface area contributed by atoms with Gasteiger partial charge in [-0.25, -0.2) is 0 Å². The summed E-state index contributed by atoms with van der Waals surface area (Å²) in [7, 11) is 0. The van der Waals surface area contributed by atoms with Gasteiger partial charge in [0, 0.05) is 15.7 Å². The van der Waals surface area contributed by atoms with Gasteiger partial charge in [-0.2, -0.15) is 0 Å². The summed E-state index contributed by atoms with van der Waals surface area (Å²) < 4.78 is 6.41. The van der Waals surface area contributed by atoms with E-state index in [0.29, 0.717) is 5.56 Å². The third-order valence-corrected chi connectivity index (χ3v) is 3.50. The molecule has 0 atom stereocenters. The Morgan fingerprint density at radius 1 is 1.17 bits per heavy atom. The molecule has 1 amide bonds. The van der Waals surface area contributed by atoms with Crippen molar-refractivity contribution in [2.45, 2.75) is 20.0 Å². The first-order valence-corrected chi connectivity index (χ1v) is 8.29. The number of carbonyl (C=O) groups is 1. The third kappa shape index (κ3) is 5.65. The standard InChI is InChI=1S/C17H17BrN2O2S/c1-11(2)22-15-8-6-14(7-9-15)19-17(23)20-16(21)12-4-3-5-13(18)10-12/h3-11H,1-2H3,(H2,19,20,21,23). The van der Waals surface area contributed by atoms with E-state index in [1.165, 1.54) is 0 Å². The Morgan fingerprint density at radius 2 is 1.87 bits per heavy atom. The number of thiocarbonyl (C=S) groups is 1. The molecule has 2 rings (SSSR count). The van der Waals surface area contributed by atoms with E-state index >= 15 is 0 Å². The second-order valence-electron chi connectivity index (χ2n) is 5.11. The molecule has 2 aromatic carbocycles. The van der Waals surface area contributed by atoms with Crippen molar-refractivity contribution in [3.8, 4) is 5.75 Å². The van der Waals surface area contributed by atoms with E-state index in [4.69, 9.17) is 17.0 Å². The fraction of sp³-hybridized carbons (Fsp3) is 0.176. The molecular formula is C17H17BrN2O2S. The minimum Gasteiger partial charge on any atom is -0.491 e. The average molecular weight is 393 g/mol. The van der Waals surface area contributed by atoms with E-state index in [0.717, 1.165) is 15.9 Å². The number of ether oxygens (including phenoxy) is 1. The van der Waals surface area contributed by atoms with Gasteiger partial charge in [0.05, 0.1) is 6.10 Å². The van der Waals surface area contributed by atoms with E-state index in [9.17, 15) is 4.79 Å². The predicted molar refractivity (Wildman–Crippen MR) is 100 cm³/mol. The van der Waals surface area contributed by atoms with E-state index < -0.39 is 0 Å². The Morgan fingerprint density at radius 3 is 2.48 bits per heavy atom. The lowest BCUT2D eigenvalue weighted by molar-refractivity contribution is 0.0977. The maximum Gasteiger partial charge on any atom is 0.257 e. The smallest absolute Gasteiger partial charge is 0.257 e. The highest BCUT2D eigenvalue weighted by Gasteiger charge is 2.08. The number of hydrogen-bond donors (Lipinski definition) is 2. The van der Waals surface area contributed by atoms with Crippen LogP contribution < -0.4 is 15.4 Å². The summed E-state index contributed by atoms with van der Waals surface area (Å²) in [6, 6.07) is 14.5. The van der Waals surface area contributed by atoms with Crippen LogP contribution in [0.4, 0.5) is 5.69 Å². The van der Waals surface area contributed by atoms with Crippen molar-refractivity contribution in [2.75, 3.05) is 5.32 Å². The molecule has 0 heterocycles. The summed E-state index contributed by atoms with van der Waals surface area (Å²) in [4.78, 5) is 12.1. The van der Waals surface area contributed by atoms with E-state index in [2.05, 4.69) is 26.6 Å². The first kappa shape index (κ1) is 17.4. The van der Waals surface area contributed by atoms with Gasteiger partial charge in [-0.1, -0.05) is 22.0 Å². The quantitative estimate of drug-likeness (QED) is 0.758. The molecule has 6 heteroatoms. The van der Waals surface area contributed by atoms with Crippen molar-refractivity contribution in [1.82, 2.24) is 5.32 Å². The summed E-state index contributed by atoms with van der Waals surface area (Å²) in [6.07, 6.45) is 0.124. The topological polar surface area (TPSA) is 50.4 Å². The van der Waals surface area contributed by atoms with Crippen LogP contribution in [0.3, 0.4) is 0 Å². The molecule has 23 heavy (non-hydrogen) atoms. The number of nitrogens with one attached hydrogen (secondary N) is 2. The largest absolute Gasteiger partial charge is 0.491 e. The molecule has 0 aromatic heterocycles. The molecule has 0 aliphatic rings. The van der Waals surface area contributed by atoms with Crippen molar-refractivity contribution in [2.24, 2.45) is 0 Å². The van der Waals surface area contributed by atoms with Gasteiger partial charge in [0.2, 0.25) is 0 Å². The van der Waals surface area contributed by atoms with Gasteiger partial charge in [-0.3, -0.25) is 10.1 Å². The summed E-state index contributed by atoms with van der Waals surface area (Å²) >= 11 is 8.50. The predicted octanol–water partition coefficient (Wildman–Crippen LogP) is 4.36. The van der Waals surface area contributed by atoms with Crippen molar-refractivity contribution >= 4 is 44.9 Å². The van der Waals surface area contributed by atoms with Crippen molar-refractivity contribution in [3.05, 3.63) is 58.6 Å². The summed E-state index contributed by atoms with van der Waals surface area (Å²) in [5.41, 5.74) is 1.31. The fourth-order valence-electron chi connectivity index (χ4n) is 1.86.